The van der Waals surface area contributed by atoms with Crippen LogP contribution in [-0.2, 0) is 11.2 Å². The molecule has 1 amide bonds. The Kier molecular flexibility index (Phi) is 7.95. The standard InChI is InChI=1S/C17H27NO/c1-3-5-7-11-15-12-9-10-13-16(15)18-17(19)14-8-6-4-2/h9-10,12-13H,3-8,11,14H2,1-2H3,(H,18,19). The molecule has 0 atom stereocenters. The van der Waals surface area contributed by atoms with Crippen LogP contribution in [0.4, 0.5) is 5.69 Å². The number of anilines is 1. The molecule has 0 aromatic heterocycles. The van der Waals surface area contributed by atoms with Crippen LogP contribution < -0.4 is 5.32 Å². The van der Waals surface area contributed by atoms with Crippen LogP contribution >= 0.6 is 0 Å². The maximum Gasteiger partial charge on any atom is 0.224 e. The van der Waals surface area contributed by atoms with Gasteiger partial charge in [-0.2, -0.15) is 0 Å². The Labute approximate surface area is 117 Å². The fourth-order valence-electron chi connectivity index (χ4n) is 2.17. The molecule has 0 spiro atoms. The van der Waals surface area contributed by atoms with Gasteiger partial charge in [-0.1, -0.05) is 57.7 Å². The number of carbonyl (C=O) groups excluding carboxylic acids is 1. The molecule has 0 heterocycles. The van der Waals surface area contributed by atoms with Crippen molar-refractivity contribution in [2.45, 2.75) is 65.2 Å². The number of hydrogen-bond acceptors (Lipinski definition) is 1. The second-order valence-electron chi connectivity index (χ2n) is 5.12. The van der Waals surface area contributed by atoms with Crippen LogP contribution in [-0.4, -0.2) is 5.91 Å². The molecule has 0 unspecified atom stereocenters. The summed E-state index contributed by atoms with van der Waals surface area (Å²) >= 11 is 0. The molecule has 0 aliphatic heterocycles. The molecule has 1 N–H and O–H groups in total. The molecular weight excluding hydrogens is 234 g/mol. The lowest BCUT2D eigenvalue weighted by atomic mass is 10.0. The van der Waals surface area contributed by atoms with Gasteiger partial charge in [0.1, 0.15) is 0 Å². The molecule has 0 saturated carbocycles. The molecular formula is C17H27NO. The van der Waals surface area contributed by atoms with E-state index < -0.39 is 0 Å². The number of para-hydroxylation sites is 1. The van der Waals surface area contributed by atoms with Gasteiger partial charge < -0.3 is 5.32 Å². The third-order valence-electron chi connectivity index (χ3n) is 3.35. The summed E-state index contributed by atoms with van der Waals surface area (Å²) in [5.41, 5.74) is 2.26. The Bertz CT molecular complexity index is 373. The van der Waals surface area contributed by atoms with Crippen LogP contribution in [0.5, 0.6) is 0 Å². The maximum absolute atomic E-state index is 11.9. The van der Waals surface area contributed by atoms with E-state index in [0.717, 1.165) is 31.4 Å². The van der Waals surface area contributed by atoms with E-state index in [1.807, 2.05) is 18.2 Å². The summed E-state index contributed by atoms with van der Waals surface area (Å²) in [6.07, 6.45) is 8.63. The third-order valence-corrected chi connectivity index (χ3v) is 3.35. The number of carbonyl (C=O) groups is 1. The molecule has 0 bridgehead atoms. The summed E-state index contributed by atoms with van der Waals surface area (Å²) in [6.45, 7) is 4.36. The molecule has 1 aromatic carbocycles. The normalized spacial score (nSPS) is 10.4. The number of rotatable bonds is 9. The molecule has 1 aromatic rings. The molecule has 19 heavy (non-hydrogen) atoms. The van der Waals surface area contributed by atoms with E-state index in [4.69, 9.17) is 0 Å². The van der Waals surface area contributed by atoms with Gasteiger partial charge >= 0.3 is 0 Å². The van der Waals surface area contributed by atoms with Crippen molar-refractivity contribution in [1.82, 2.24) is 0 Å². The highest BCUT2D eigenvalue weighted by Crippen LogP contribution is 2.18. The number of unbranched alkanes of at least 4 members (excludes halogenated alkanes) is 4. The zero-order chi connectivity index (χ0) is 13.9. The lowest BCUT2D eigenvalue weighted by molar-refractivity contribution is -0.116. The monoisotopic (exact) mass is 261 g/mol. The summed E-state index contributed by atoms with van der Waals surface area (Å²) < 4.78 is 0. The lowest BCUT2D eigenvalue weighted by Gasteiger charge is -2.11. The summed E-state index contributed by atoms with van der Waals surface area (Å²) in [7, 11) is 0. The van der Waals surface area contributed by atoms with Gasteiger partial charge in [0.15, 0.2) is 0 Å². The summed E-state index contributed by atoms with van der Waals surface area (Å²) in [5, 5.41) is 3.06. The van der Waals surface area contributed by atoms with Gasteiger partial charge in [-0.15, -0.1) is 0 Å². The topological polar surface area (TPSA) is 29.1 Å². The predicted octanol–water partition coefficient (Wildman–Crippen LogP) is 4.94. The van der Waals surface area contributed by atoms with E-state index in [1.54, 1.807) is 0 Å². The van der Waals surface area contributed by atoms with Crippen molar-refractivity contribution >= 4 is 11.6 Å². The van der Waals surface area contributed by atoms with Gasteiger partial charge in [0.2, 0.25) is 5.91 Å². The van der Waals surface area contributed by atoms with E-state index in [9.17, 15) is 4.79 Å². The molecule has 0 aliphatic rings. The minimum Gasteiger partial charge on any atom is -0.326 e. The second kappa shape index (κ2) is 9.60. The summed E-state index contributed by atoms with van der Waals surface area (Å²) in [6, 6.07) is 8.18. The van der Waals surface area contributed by atoms with Gasteiger partial charge in [-0.05, 0) is 30.9 Å². The Morgan fingerprint density at radius 2 is 1.68 bits per heavy atom. The van der Waals surface area contributed by atoms with Crippen molar-refractivity contribution in [3.05, 3.63) is 29.8 Å². The van der Waals surface area contributed by atoms with Gasteiger partial charge in [0, 0.05) is 12.1 Å². The van der Waals surface area contributed by atoms with E-state index in [2.05, 4.69) is 25.2 Å². The van der Waals surface area contributed by atoms with Gasteiger partial charge in [0.25, 0.3) is 0 Å². The first-order valence-electron chi connectivity index (χ1n) is 7.65. The zero-order valence-corrected chi connectivity index (χ0v) is 12.4. The third kappa shape index (κ3) is 6.42. The fourth-order valence-corrected chi connectivity index (χ4v) is 2.17. The van der Waals surface area contributed by atoms with Crippen molar-refractivity contribution < 1.29 is 4.79 Å². The molecule has 106 valence electrons. The first-order valence-corrected chi connectivity index (χ1v) is 7.65. The van der Waals surface area contributed by atoms with Crippen molar-refractivity contribution in [3.8, 4) is 0 Å². The van der Waals surface area contributed by atoms with E-state index >= 15 is 0 Å². The number of amides is 1. The first kappa shape index (κ1) is 15.7. The highest BCUT2D eigenvalue weighted by atomic mass is 16.1. The maximum atomic E-state index is 11.9. The van der Waals surface area contributed by atoms with Gasteiger partial charge in [0.05, 0.1) is 0 Å². The molecule has 0 fully saturated rings. The van der Waals surface area contributed by atoms with Crippen molar-refractivity contribution in [3.63, 3.8) is 0 Å². The van der Waals surface area contributed by atoms with Crippen LogP contribution in [0.15, 0.2) is 24.3 Å². The minimum absolute atomic E-state index is 0.149. The molecule has 2 nitrogen and oxygen atoms in total. The zero-order valence-electron chi connectivity index (χ0n) is 12.4. The highest BCUT2D eigenvalue weighted by molar-refractivity contribution is 5.91. The van der Waals surface area contributed by atoms with Crippen LogP contribution in [0.1, 0.15) is 64.4 Å². The van der Waals surface area contributed by atoms with Crippen LogP contribution in [0.25, 0.3) is 0 Å². The molecule has 0 aliphatic carbocycles. The van der Waals surface area contributed by atoms with Crippen LogP contribution in [0.3, 0.4) is 0 Å². The Morgan fingerprint density at radius 3 is 2.42 bits per heavy atom. The molecule has 2 heteroatoms. The van der Waals surface area contributed by atoms with Crippen LogP contribution in [0, 0.1) is 0 Å². The van der Waals surface area contributed by atoms with Crippen molar-refractivity contribution in [2.75, 3.05) is 5.32 Å². The van der Waals surface area contributed by atoms with E-state index in [1.165, 1.54) is 24.8 Å². The van der Waals surface area contributed by atoms with Gasteiger partial charge in [-0.3, -0.25) is 4.79 Å². The highest BCUT2D eigenvalue weighted by Gasteiger charge is 2.06. The second-order valence-corrected chi connectivity index (χ2v) is 5.12. The van der Waals surface area contributed by atoms with E-state index in [-0.39, 0.29) is 5.91 Å². The number of aryl methyl sites for hydroxylation is 1. The smallest absolute Gasteiger partial charge is 0.224 e. The summed E-state index contributed by atoms with van der Waals surface area (Å²) in [5.74, 6) is 0.149. The predicted molar refractivity (Wildman–Crippen MR) is 82.4 cm³/mol. The Hall–Kier alpha value is -1.31. The SMILES string of the molecule is CCCCCC(=O)Nc1ccccc1CCCCC. The average molecular weight is 261 g/mol. The first-order chi connectivity index (χ1) is 9.27. The Balaban J connectivity index is 2.49. The molecule has 1 rings (SSSR count). The van der Waals surface area contributed by atoms with E-state index in [0.29, 0.717) is 6.42 Å². The summed E-state index contributed by atoms with van der Waals surface area (Å²) in [4.78, 5) is 11.9. The average Bonchev–Trinajstić information content (AvgIpc) is 2.41. The lowest BCUT2D eigenvalue weighted by Crippen LogP contribution is -2.12. The van der Waals surface area contributed by atoms with Gasteiger partial charge in [-0.25, -0.2) is 0 Å². The molecule has 0 saturated heterocycles. The number of benzene rings is 1. The Morgan fingerprint density at radius 1 is 1.00 bits per heavy atom. The van der Waals surface area contributed by atoms with Crippen molar-refractivity contribution in [2.24, 2.45) is 0 Å². The van der Waals surface area contributed by atoms with Crippen molar-refractivity contribution in [1.29, 1.82) is 0 Å². The largest absolute Gasteiger partial charge is 0.326 e. The molecule has 0 radical (unpaired) electrons. The fraction of sp³-hybridized carbons (Fsp3) is 0.588. The minimum atomic E-state index is 0.149. The quantitative estimate of drug-likeness (QED) is 0.627. The van der Waals surface area contributed by atoms with Crippen LogP contribution in [0.2, 0.25) is 0 Å². The number of nitrogens with one attached hydrogen (secondary N) is 1. The number of hydrogen-bond donors (Lipinski definition) is 1.